The summed E-state index contributed by atoms with van der Waals surface area (Å²) in [4.78, 5) is 29.4. The molecule has 3 heterocycles. The van der Waals surface area contributed by atoms with Crippen LogP contribution in [0.2, 0.25) is 0 Å². The molecule has 0 N–H and O–H groups in total. The highest BCUT2D eigenvalue weighted by atomic mass is 32.2. The van der Waals surface area contributed by atoms with E-state index in [1.807, 2.05) is 49.4 Å². The van der Waals surface area contributed by atoms with Gasteiger partial charge in [-0.1, -0.05) is 30.3 Å². The first-order valence-electron chi connectivity index (χ1n) is 10.7. The summed E-state index contributed by atoms with van der Waals surface area (Å²) in [6.07, 6.45) is 1.33. The van der Waals surface area contributed by atoms with Crippen LogP contribution < -0.4 is 0 Å². The van der Waals surface area contributed by atoms with E-state index in [9.17, 15) is 18.0 Å². The molecule has 166 valence electrons. The van der Waals surface area contributed by atoms with Crippen molar-refractivity contribution in [3.63, 3.8) is 0 Å². The van der Waals surface area contributed by atoms with Gasteiger partial charge < -0.3 is 14.2 Å². The van der Waals surface area contributed by atoms with Crippen LogP contribution in [0, 0.1) is 12.8 Å². The molecule has 2 amide bonds. The Kier molecular flexibility index (Phi) is 6.18. The van der Waals surface area contributed by atoms with E-state index in [1.165, 1.54) is 0 Å². The molecule has 0 spiro atoms. The molecule has 2 fully saturated rings. The smallest absolute Gasteiger partial charge is 0.228 e. The molecule has 31 heavy (non-hydrogen) atoms. The summed E-state index contributed by atoms with van der Waals surface area (Å²) in [5, 5.41) is 0. The Bertz CT molecular complexity index is 1050. The quantitative estimate of drug-likeness (QED) is 0.653. The first kappa shape index (κ1) is 21.6. The Morgan fingerprint density at radius 1 is 1.19 bits per heavy atom. The molecular weight excluding hydrogens is 416 g/mol. The average molecular weight is 445 g/mol. The number of aryl methyl sites for hydroxylation is 1. The largest absolute Gasteiger partial charge is 0.464 e. The lowest BCUT2D eigenvalue weighted by Gasteiger charge is -2.30. The van der Waals surface area contributed by atoms with Crippen LogP contribution in [0.25, 0.3) is 0 Å². The maximum Gasteiger partial charge on any atom is 0.228 e. The van der Waals surface area contributed by atoms with Crippen molar-refractivity contribution in [1.29, 1.82) is 0 Å². The highest BCUT2D eigenvalue weighted by Gasteiger charge is 2.41. The monoisotopic (exact) mass is 444 g/mol. The minimum Gasteiger partial charge on any atom is -0.464 e. The summed E-state index contributed by atoms with van der Waals surface area (Å²) < 4.78 is 29.7. The number of benzene rings is 1. The summed E-state index contributed by atoms with van der Waals surface area (Å²) in [6.45, 7) is 3.00. The van der Waals surface area contributed by atoms with Gasteiger partial charge in [-0.2, -0.15) is 0 Å². The van der Waals surface area contributed by atoms with Gasteiger partial charge in [-0.15, -0.1) is 0 Å². The Morgan fingerprint density at radius 3 is 2.61 bits per heavy atom. The Hall–Kier alpha value is -2.61. The Balaban J connectivity index is 1.45. The predicted molar refractivity (Wildman–Crippen MR) is 116 cm³/mol. The SMILES string of the molecule is Cc1ccc(CN(C(=O)C2CC(=O)N(CCc3ccccc3)C2)C2CCS(=O)(=O)C2)o1. The second-order valence-electron chi connectivity index (χ2n) is 8.51. The van der Waals surface area contributed by atoms with Crippen LogP contribution >= 0.6 is 0 Å². The maximum absolute atomic E-state index is 13.4. The van der Waals surface area contributed by atoms with Gasteiger partial charge in [0.15, 0.2) is 9.84 Å². The topological polar surface area (TPSA) is 87.9 Å². The van der Waals surface area contributed by atoms with E-state index in [4.69, 9.17) is 4.42 Å². The van der Waals surface area contributed by atoms with Gasteiger partial charge in [-0.25, -0.2) is 8.42 Å². The number of likely N-dealkylation sites (tertiary alicyclic amines) is 1. The lowest BCUT2D eigenvalue weighted by Crippen LogP contribution is -2.44. The van der Waals surface area contributed by atoms with Crippen molar-refractivity contribution in [2.24, 2.45) is 5.92 Å². The first-order chi connectivity index (χ1) is 14.8. The first-order valence-corrected chi connectivity index (χ1v) is 12.5. The van der Waals surface area contributed by atoms with E-state index in [0.29, 0.717) is 25.3 Å². The van der Waals surface area contributed by atoms with Crippen LogP contribution in [0.15, 0.2) is 46.9 Å². The number of furan rings is 1. The number of hydrogen-bond donors (Lipinski definition) is 0. The van der Waals surface area contributed by atoms with E-state index in [2.05, 4.69) is 0 Å². The van der Waals surface area contributed by atoms with E-state index in [-0.39, 0.29) is 42.3 Å². The zero-order valence-corrected chi connectivity index (χ0v) is 18.5. The van der Waals surface area contributed by atoms with Crippen LogP contribution in [-0.2, 0) is 32.4 Å². The van der Waals surface area contributed by atoms with Crippen molar-refractivity contribution < 1.29 is 22.4 Å². The molecule has 0 radical (unpaired) electrons. The number of carbonyl (C=O) groups excluding carboxylic acids is 2. The Morgan fingerprint density at radius 2 is 1.97 bits per heavy atom. The molecule has 1 aromatic carbocycles. The standard InChI is InChI=1S/C23H28N2O5S/c1-17-7-8-21(30-17)15-25(20-10-12-31(28,29)16-20)23(27)19-13-22(26)24(14-19)11-9-18-5-3-2-4-6-18/h2-8,19-20H,9-16H2,1H3. The fraction of sp³-hybridized carbons (Fsp3) is 0.478. The predicted octanol–water partition coefficient (Wildman–Crippen LogP) is 2.19. The summed E-state index contributed by atoms with van der Waals surface area (Å²) in [6, 6.07) is 13.2. The molecule has 4 rings (SSSR count). The zero-order valence-electron chi connectivity index (χ0n) is 17.7. The maximum atomic E-state index is 13.4. The zero-order chi connectivity index (χ0) is 22.0. The van der Waals surface area contributed by atoms with Crippen molar-refractivity contribution in [2.75, 3.05) is 24.6 Å². The molecule has 2 aliphatic rings. The van der Waals surface area contributed by atoms with Gasteiger partial charge in [0.1, 0.15) is 11.5 Å². The van der Waals surface area contributed by atoms with E-state index in [0.717, 1.165) is 17.7 Å². The molecular formula is C23H28N2O5S. The van der Waals surface area contributed by atoms with Crippen molar-refractivity contribution >= 4 is 21.7 Å². The van der Waals surface area contributed by atoms with E-state index < -0.39 is 15.8 Å². The number of carbonyl (C=O) groups is 2. The number of rotatable bonds is 7. The summed E-state index contributed by atoms with van der Waals surface area (Å²) >= 11 is 0. The third kappa shape index (κ3) is 5.18. The number of nitrogens with zero attached hydrogens (tertiary/aromatic N) is 2. The summed E-state index contributed by atoms with van der Waals surface area (Å²) in [7, 11) is -3.15. The highest BCUT2D eigenvalue weighted by molar-refractivity contribution is 7.91. The van der Waals surface area contributed by atoms with Gasteiger partial charge in [-0.3, -0.25) is 9.59 Å². The molecule has 2 aliphatic heterocycles. The number of hydrogen-bond acceptors (Lipinski definition) is 5. The van der Waals surface area contributed by atoms with Crippen LogP contribution in [-0.4, -0.2) is 60.7 Å². The summed E-state index contributed by atoms with van der Waals surface area (Å²) in [5.74, 6) is 0.781. The minimum absolute atomic E-state index is 0.0258. The van der Waals surface area contributed by atoms with Crippen molar-refractivity contribution in [2.45, 2.75) is 38.8 Å². The number of amides is 2. The number of sulfone groups is 1. The minimum atomic E-state index is -3.15. The third-order valence-electron chi connectivity index (χ3n) is 6.13. The second kappa shape index (κ2) is 8.86. The van der Waals surface area contributed by atoms with Crippen LogP contribution in [0.5, 0.6) is 0 Å². The fourth-order valence-electron chi connectivity index (χ4n) is 4.44. The van der Waals surface area contributed by atoms with Crippen LogP contribution in [0.1, 0.15) is 29.9 Å². The highest BCUT2D eigenvalue weighted by Crippen LogP contribution is 2.27. The average Bonchev–Trinajstić information content (AvgIpc) is 3.43. The molecule has 2 unspecified atom stereocenters. The van der Waals surface area contributed by atoms with Gasteiger partial charge in [-0.05, 0) is 37.5 Å². The van der Waals surface area contributed by atoms with E-state index in [1.54, 1.807) is 9.80 Å². The van der Waals surface area contributed by atoms with Crippen molar-refractivity contribution in [1.82, 2.24) is 9.80 Å². The third-order valence-corrected chi connectivity index (χ3v) is 7.88. The summed E-state index contributed by atoms with van der Waals surface area (Å²) in [5.41, 5.74) is 1.15. The Labute approximate surface area is 182 Å². The molecule has 0 bridgehead atoms. The lowest BCUT2D eigenvalue weighted by molar-refractivity contribution is -0.138. The molecule has 1 aromatic heterocycles. The van der Waals surface area contributed by atoms with Crippen LogP contribution in [0.4, 0.5) is 0 Å². The molecule has 8 heteroatoms. The lowest BCUT2D eigenvalue weighted by atomic mass is 10.0. The second-order valence-corrected chi connectivity index (χ2v) is 10.7. The normalized spacial score (nSPS) is 22.7. The molecule has 2 saturated heterocycles. The van der Waals surface area contributed by atoms with Gasteiger partial charge in [0.25, 0.3) is 0 Å². The molecule has 0 aliphatic carbocycles. The molecule has 2 atom stereocenters. The van der Waals surface area contributed by atoms with Gasteiger partial charge in [0.2, 0.25) is 11.8 Å². The molecule has 2 aromatic rings. The van der Waals surface area contributed by atoms with Gasteiger partial charge >= 0.3 is 0 Å². The fourth-order valence-corrected chi connectivity index (χ4v) is 6.17. The molecule has 0 saturated carbocycles. The van der Waals surface area contributed by atoms with Crippen LogP contribution in [0.3, 0.4) is 0 Å². The molecule has 7 nitrogen and oxygen atoms in total. The van der Waals surface area contributed by atoms with E-state index >= 15 is 0 Å². The van der Waals surface area contributed by atoms with Crippen molar-refractivity contribution in [3.8, 4) is 0 Å². The van der Waals surface area contributed by atoms with Gasteiger partial charge in [0, 0.05) is 25.6 Å². The van der Waals surface area contributed by atoms with Gasteiger partial charge in [0.05, 0.1) is 24.0 Å². The van der Waals surface area contributed by atoms with Crippen molar-refractivity contribution in [3.05, 3.63) is 59.5 Å².